The first kappa shape index (κ1) is 14.3. The van der Waals surface area contributed by atoms with Crippen molar-refractivity contribution in [2.24, 2.45) is 0 Å². The van der Waals surface area contributed by atoms with Crippen LogP contribution in [0.3, 0.4) is 0 Å². The van der Waals surface area contributed by atoms with Gasteiger partial charge < -0.3 is 15.7 Å². The van der Waals surface area contributed by atoms with Crippen molar-refractivity contribution >= 4 is 22.8 Å². The molecule has 0 fully saturated rings. The van der Waals surface area contributed by atoms with Gasteiger partial charge in [-0.1, -0.05) is 0 Å². The van der Waals surface area contributed by atoms with E-state index in [-0.39, 0.29) is 11.8 Å². The summed E-state index contributed by atoms with van der Waals surface area (Å²) in [5.74, 6) is 0.427. The standard InChI is InChI=1S/C10H13F3N6O/c1-2-14-9-17-7(5-3-16-19-8(5)18-9)15-4-6(20)10(11,12)13/h3,6,20H,2,4H2,1H3,(H3,14,15,16,17,18,19). The Balaban J connectivity index is 2.21. The highest BCUT2D eigenvalue weighted by molar-refractivity contribution is 5.86. The normalized spacial score (nSPS) is 13.4. The van der Waals surface area contributed by atoms with Gasteiger partial charge in [0.2, 0.25) is 5.95 Å². The molecule has 0 radical (unpaired) electrons. The number of H-pyrrole nitrogens is 1. The van der Waals surface area contributed by atoms with Crippen molar-refractivity contribution in [2.45, 2.75) is 19.2 Å². The first-order valence-corrected chi connectivity index (χ1v) is 5.85. The molecule has 2 heterocycles. The summed E-state index contributed by atoms with van der Waals surface area (Å²) in [6.45, 7) is 1.69. The molecule has 0 bridgehead atoms. The van der Waals surface area contributed by atoms with Crippen molar-refractivity contribution in [3.63, 3.8) is 0 Å². The van der Waals surface area contributed by atoms with Gasteiger partial charge in [-0.25, -0.2) is 0 Å². The van der Waals surface area contributed by atoms with Gasteiger partial charge in [-0.15, -0.1) is 0 Å². The Kier molecular flexibility index (Phi) is 3.93. The van der Waals surface area contributed by atoms with Crippen molar-refractivity contribution in [1.82, 2.24) is 20.2 Å². The maximum Gasteiger partial charge on any atom is 0.416 e. The molecular formula is C10H13F3N6O. The zero-order valence-corrected chi connectivity index (χ0v) is 10.5. The molecule has 0 amide bonds. The van der Waals surface area contributed by atoms with Crippen molar-refractivity contribution in [1.29, 1.82) is 0 Å². The molecule has 110 valence electrons. The molecule has 0 aromatic carbocycles. The average molecular weight is 290 g/mol. The molecule has 0 saturated carbocycles. The Morgan fingerprint density at radius 1 is 1.35 bits per heavy atom. The molecule has 10 heteroatoms. The van der Waals surface area contributed by atoms with Gasteiger partial charge in [0.1, 0.15) is 5.82 Å². The fourth-order valence-electron chi connectivity index (χ4n) is 1.52. The van der Waals surface area contributed by atoms with E-state index < -0.39 is 18.8 Å². The van der Waals surface area contributed by atoms with E-state index in [4.69, 9.17) is 5.11 Å². The zero-order chi connectivity index (χ0) is 14.8. The summed E-state index contributed by atoms with van der Waals surface area (Å²) in [7, 11) is 0. The van der Waals surface area contributed by atoms with Gasteiger partial charge in [0.15, 0.2) is 11.8 Å². The van der Waals surface area contributed by atoms with E-state index >= 15 is 0 Å². The molecule has 2 aromatic heterocycles. The topological polar surface area (TPSA) is 98.8 Å². The summed E-state index contributed by atoms with van der Waals surface area (Å²) in [6, 6.07) is 0. The number of anilines is 2. The Bertz CT molecular complexity index is 584. The van der Waals surface area contributed by atoms with Gasteiger partial charge in [0.05, 0.1) is 18.1 Å². The lowest BCUT2D eigenvalue weighted by atomic mass is 10.3. The molecule has 0 saturated heterocycles. The third-order valence-electron chi connectivity index (χ3n) is 2.49. The fourth-order valence-corrected chi connectivity index (χ4v) is 1.52. The predicted octanol–water partition coefficient (Wildman–Crippen LogP) is 1.12. The summed E-state index contributed by atoms with van der Waals surface area (Å²) in [4.78, 5) is 8.14. The Morgan fingerprint density at radius 2 is 2.10 bits per heavy atom. The molecular weight excluding hydrogens is 277 g/mol. The lowest BCUT2D eigenvalue weighted by molar-refractivity contribution is -0.198. The van der Waals surface area contributed by atoms with Crippen LogP contribution in [0.25, 0.3) is 11.0 Å². The molecule has 0 aliphatic carbocycles. The van der Waals surface area contributed by atoms with Crippen LogP contribution < -0.4 is 10.6 Å². The minimum Gasteiger partial charge on any atom is -0.382 e. The molecule has 7 nitrogen and oxygen atoms in total. The maximum atomic E-state index is 12.3. The second-order valence-electron chi connectivity index (χ2n) is 4.00. The number of aromatic nitrogens is 4. The van der Waals surface area contributed by atoms with Crippen molar-refractivity contribution < 1.29 is 18.3 Å². The smallest absolute Gasteiger partial charge is 0.382 e. The van der Waals surface area contributed by atoms with Crippen molar-refractivity contribution in [3.05, 3.63) is 6.20 Å². The summed E-state index contributed by atoms with van der Waals surface area (Å²) in [5, 5.41) is 21.1. The molecule has 1 unspecified atom stereocenters. The van der Waals surface area contributed by atoms with Crippen LogP contribution in [0.2, 0.25) is 0 Å². The molecule has 1 atom stereocenters. The highest BCUT2D eigenvalue weighted by Gasteiger charge is 2.38. The van der Waals surface area contributed by atoms with E-state index in [1.165, 1.54) is 6.20 Å². The molecule has 0 spiro atoms. The first-order chi connectivity index (χ1) is 9.41. The Morgan fingerprint density at radius 3 is 2.75 bits per heavy atom. The van der Waals surface area contributed by atoms with Gasteiger partial charge in [0.25, 0.3) is 0 Å². The zero-order valence-electron chi connectivity index (χ0n) is 10.5. The first-order valence-electron chi connectivity index (χ1n) is 5.85. The summed E-state index contributed by atoms with van der Waals surface area (Å²) < 4.78 is 36.8. The van der Waals surface area contributed by atoms with Crippen molar-refractivity contribution in [3.8, 4) is 0 Å². The Labute approximate surface area is 111 Å². The minimum absolute atomic E-state index is 0.169. The van der Waals surface area contributed by atoms with Crippen LogP contribution in [0.1, 0.15) is 6.92 Å². The van der Waals surface area contributed by atoms with Gasteiger partial charge in [-0.05, 0) is 6.92 Å². The molecule has 20 heavy (non-hydrogen) atoms. The van der Waals surface area contributed by atoms with Crippen LogP contribution >= 0.6 is 0 Å². The van der Waals surface area contributed by atoms with E-state index in [2.05, 4.69) is 30.8 Å². The third kappa shape index (κ3) is 3.07. The lowest BCUT2D eigenvalue weighted by Crippen LogP contribution is -2.35. The molecule has 2 rings (SSSR count). The van der Waals surface area contributed by atoms with E-state index in [0.717, 1.165) is 0 Å². The molecule has 4 N–H and O–H groups in total. The number of nitrogens with one attached hydrogen (secondary N) is 3. The van der Waals surface area contributed by atoms with E-state index in [9.17, 15) is 13.2 Å². The van der Waals surface area contributed by atoms with Gasteiger partial charge in [0, 0.05) is 6.54 Å². The quantitative estimate of drug-likeness (QED) is 0.658. The molecule has 0 aliphatic rings. The number of hydrogen-bond donors (Lipinski definition) is 4. The van der Waals surface area contributed by atoms with E-state index in [1.807, 2.05) is 6.92 Å². The van der Waals surface area contributed by atoms with Crippen LogP contribution in [-0.2, 0) is 0 Å². The number of nitrogens with zero attached hydrogens (tertiary/aromatic N) is 3. The lowest BCUT2D eigenvalue weighted by Gasteiger charge is -2.16. The summed E-state index contributed by atoms with van der Waals surface area (Å²) in [6.07, 6.45) is -5.75. The van der Waals surface area contributed by atoms with E-state index in [1.54, 1.807) is 0 Å². The van der Waals surface area contributed by atoms with Crippen molar-refractivity contribution in [2.75, 3.05) is 23.7 Å². The highest BCUT2D eigenvalue weighted by Crippen LogP contribution is 2.23. The van der Waals surface area contributed by atoms with Crippen LogP contribution in [0.15, 0.2) is 6.20 Å². The third-order valence-corrected chi connectivity index (χ3v) is 2.49. The maximum absolute atomic E-state index is 12.3. The predicted molar refractivity (Wildman–Crippen MR) is 66.4 cm³/mol. The number of fused-ring (bicyclic) bond motifs is 1. The number of aliphatic hydroxyl groups is 1. The fraction of sp³-hybridized carbons (Fsp3) is 0.500. The van der Waals surface area contributed by atoms with Gasteiger partial charge >= 0.3 is 6.18 Å². The average Bonchev–Trinajstić information content (AvgIpc) is 2.83. The van der Waals surface area contributed by atoms with Crippen LogP contribution in [0, 0.1) is 0 Å². The second-order valence-corrected chi connectivity index (χ2v) is 4.00. The highest BCUT2D eigenvalue weighted by atomic mass is 19.4. The SMILES string of the molecule is CCNc1nc(NCC(O)C(F)(F)F)c2cn[nH]c2n1. The van der Waals surface area contributed by atoms with Gasteiger partial charge in [-0.2, -0.15) is 28.2 Å². The number of alkyl halides is 3. The number of rotatable bonds is 5. The molecule has 0 aliphatic heterocycles. The van der Waals surface area contributed by atoms with Gasteiger partial charge in [-0.3, -0.25) is 5.10 Å². The largest absolute Gasteiger partial charge is 0.416 e. The molecule has 2 aromatic rings. The minimum atomic E-state index is -4.68. The monoisotopic (exact) mass is 290 g/mol. The Hall–Kier alpha value is -2.10. The van der Waals surface area contributed by atoms with Crippen LogP contribution in [0.5, 0.6) is 0 Å². The summed E-state index contributed by atoms with van der Waals surface area (Å²) >= 11 is 0. The van der Waals surface area contributed by atoms with Crippen LogP contribution in [0.4, 0.5) is 24.9 Å². The number of hydrogen-bond acceptors (Lipinski definition) is 6. The number of aromatic amines is 1. The van der Waals surface area contributed by atoms with E-state index in [0.29, 0.717) is 17.6 Å². The number of aliphatic hydroxyl groups excluding tert-OH is 1. The second kappa shape index (κ2) is 5.49. The summed E-state index contributed by atoms with van der Waals surface area (Å²) in [5.41, 5.74) is 0.389. The van der Waals surface area contributed by atoms with Crippen LogP contribution in [-0.4, -0.2) is 50.6 Å². The number of halogens is 3.